The van der Waals surface area contributed by atoms with Crippen molar-refractivity contribution in [3.05, 3.63) is 65.6 Å². The Hall–Kier alpha value is -2.73. The van der Waals surface area contributed by atoms with Gasteiger partial charge in [-0.1, -0.05) is 11.6 Å². The quantitative estimate of drug-likeness (QED) is 0.413. The number of carbonyl (C=O) groups excluding carboxylic acids is 2. The Labute approximate surface area is 150 Å². The van der Waals surface area contributed by atoms with Gasteiger partial charge in [0.05, 0.1) is 16.8 Å². The minimum absolute atomic E-state index is 0.413. The number of carbonyl (C=O) groups is 2. The fraction of sp³-hybridized carbons (Fsp3) is 0.211. The topological polar surface area (TPSA) is 63.5 Å². The molecule has 3 heterocycles. The van der Waals surface area contributed by atoms with Crippen molar-refractivity contribution >= 4 is 33.7 Å². The lowest BCUT2D eigenvalue weighted by Crippen LogP contribution is -2.22. The second kappa shape index (κ2) is 7.03. The van der Waals surface area contributed by atoms with Gasteiger partial charge >= 0.3 is 0 Å². The van der Waals surface area contributed by atoms with E-state index in [9.17, 15) is 9.59 Å². The van der Waals surface area contributed by atoms with E-state index in [0.29, 0.717) is 10.6 Å². The molecule has 0 radical (unpaired) electrons. The number of pyridine rings is 1. The number of allylic oxidation sites excluding steroid dienone is 1. The number of rotatable bonds is 6. The second-order valence-electron chi connectivity index (χ2n) is 6.08. The smallest absolute Gasteiger partial charge is 0.297 e. The van der Waals surface area contributed by atoms with Gasteiger partial charge < -0.3 is 9.72 Å². The Morgan fingerprint density at radius 3 is 2.80 bits per heavy atom. The van der Waals surface area contributed by atoms with Crippen LogP contribution in [0.15, 0.2) is 48.7 Å². The lowest BCUT2D eigenvalue weighted by molar-refractivity contribution is -0.112. The minimum Gasteiger partial charge on any atom is -0.320 e. The van der Waals surface area contributed by atoms with Crippen molar-refractivity contribution in [2.24, 2.45) is 0 Å². The Morgan fingerprint density at radius 2 is 2.12 bits per heavy atom. The van der Waals surface area contributed by atoms with E-state index >= 15 is 0 Å². The lowest BCUT2D eigenvalue weighted by Gasteiger charge is -2.02. The molecule has 0 aliphatic carbocycles. The number of nitrogens with one attached hydrogen (secondary N) is 1. The van der Waals surface area contributed by atoms with Gasteiger partial charge in [0.25, 0.3) is 11.7 Å². The molecule has 5 nitrogen and oxygen atoms in total. The van der Waals surface area contributed by atoms with Crippen LogP contribution in [0.4, 0.5) is 5.00 Å². The van der Waals surface area contributed by atoms with E-state index in [1.54, 1.807) is 12.1 Å². The highest BCUT2D eigenvalue weighted by atomic mass is 32.1. The van der Waals surface area contributed by atoms with Crippen molar-refractivity contribution in [3.63, 3.8) is 0 Å². The summed E-state index contributed by atoms with van der Waals surface area (Å²) in [5, 5.41) is 3.20. The Balaban J connectivity index is 1.90. The van der Waals surface area contributed by atoms with Crippen molar-refractivity contribution in [2.75, 3.05) is 5.32 Å². The molecule has 3 aromatic rings. The van der Waals surface area contributed by atoms with Crippen LogP contribution in [0, 0.1) is 6.92 Å². The molecule has 6 heteroatoms. The van der Waals surface area contributed by atoms with Gasteiger partial charge in [-0.15, -0.1) is 6.58 Å². The first-order valence-electron chi connectivity index (χ1n) is 7.98. The third-order valence-corrected chi connectivity index (χ3v) is 4.68. The largest absolute Gasteiger partial charge is 0.320 e. The maximum Gasteiger partial charge on any atom is 0.297 e. The minimum atomic E-state index is -0.647. The summed E-state index contributed by atoms with van der Waals surface area (Å²) in [5.41, 5.74) is 4.03. The summed E-state index contributed by atoms with van der Waals surface area (Å²) in [7, 11) is 0. The van der Waals surface area contributed by atoms with Gasteiger partial charge in [-0.05, 0) is 62.5 Å². The van der Waals surface area contributed by atoms with E-state index in [1.165, 1.54) is 0 Å². The molecule has 0 aliphatic heterocycles. The summed E-state index contributed by atoms with van der Waals surface area (Å²) in [6, 6.07) is 9.16. The highest BCUT2D eigenvalue weighted by molar-refractivity contribution is 7.10. The molecule has 1 amide bonds. The fourth-order valence-electron chi connectivity index (χ4n) is 2.65. The summed E-state index contributed by atoms with van der Waals surface area (Å²) in [6.07, 6.45) is 3.51. The van der Waals surface area contributed by atoms with Crippen molar-refractivity contribution in [2.45, 2.75) is 26.7 Å². The first-order chi connectivity index (χ1) is 12.0. The average Bonchev–Trinajstić information content (AvgIpc) is 3.16. The van der Waals surface area contributed by atoms with Crippen LogP contribution in [0.25, 0.3) is 5.52 Å². The van der Waals surface area contributed by atoms with E-state index in [-0.39, 0.29) is 0 Å². The van der Waals surface area contributed by atoms with Crippen LogP contribution in [0.1, 0.15) is 35.1 Å². The number of amides is 1. The molecule has 0 aromatic carbocycles. The van der Waals surface area contributed by atoms with Gasteiger partial charge in [-0.3, -0.25) is 9.59 Å². The summed E-state index contributed by atoms with van der Waals surface area (Å²) in [6.45, 7) is 7.74. The number of hydrogen-bond acceptors (Lipinski definition) is 4. The fourth-order valence-corrected chi connectivity index (χ4v) is 3.31. The Bertz CT molecular complexity index is 968. The summed E-state index contributed by atoms with van der Waals surface area (Å²) in [5.74, 6) is -1.19. The molecule has 3 aromatic heterocycles. The molecule has 0 fully saturated rings. The maximum absolute atomic E-state index is 12.7. The van der Waals surface area contributed by atoms with Gasteiger partial charge in [0.15, 0.2) is 0 Å². The van der Waals surface area contributed by atoms with Gasteiger partial charge in [0, 0.05) is 11.9 Å². The van der Waals surface area contributed by atoms with Crippen molar-refractivity contribution in [3.8, 4) is 0 Å². The van der Waals surface area contributed by atoms with E-state index < -0.39 is 11.7 Å². The highest BCUT2D eigenvalue weighted by Gasteiger charge is 2.22. The van der Waals surface area contributed by atoms with Gasteiger partial charge in [0.1, 0.15) is 5.00 Å². The summed E-state index contributed by atoms with van der Waals surface area (Å²) < 4.78 is 6.06. The van der Waals surface area contributed by atoms with Crippen LogP contribution in [-0.4, -0.2) is 20.5 Å². The summed E-state index contributed by atoms with van der Waals surface area (Å²) >= 11 is 1.16. The number of fused-ring (bicyclic) bond motifs is 1. The van der Waals surface area contributed by atoms with Gasteiger partial charge in [0.2, 0.25) is 0 Å². The van der Waals surface area contributed by atoms with Crippen LogP contribution in [0.2, 0.25) is 0 Å². The molecule has 1 N–H and O–H groups in total. The Kier molecular flexibility index (Phi) is 4.81. The SMILES string of the molecule is C=C(C)CCc1cc(C(=O)C(=O)Nc2cc(C)ns2)c2ccccn12. The third-order valence-electron chi connectivity index (χ3n) is 3.88. The summed E-state index contributed by atoms with van der Waals surface area (Å²) in [4.78, 5) is 25.0. The molecule has 0 saturated heterocycles. The van der Waals surface area contributed by atoms with E-state index in [1.807, 2.05) is 42.6 Å². The highest BCUT2D eigenvalue weighted by Crippen LogP contribution is 2.21. The molecule has 25 heavy (non-hydrogen) atoms. The zero-order valence-electron chi connectivity index (χ0n) is 14.2. The van der Waals surface area contributed by atoms with Gasteiger partial charge in [-0.25, -0.2) is 0 Å². The molecule has 0 bridgehead atoms. The lowest BCUT2D eigenvalue weighted by atomic mass is 10.1. The van der Waals surface area contributed by atoms with Crippen molar-refractivity contribution in [1.82, 2.24) is 8.77 Å². The molecular formula is C19H19N3O2S. The molecular weight excluding hydrogens is 334 g/mol. The number of ketones is 1. The number of aromatic nitrogens is 2. The van der Waals surface area contributed by atoms with E-state index in [4.69, 9.17) is 0 Å². The van der Waals surface area contributed by atoms with E-state index in [2.05, 4.69) is 16.3 Å². The van der Waals surface area contributed by atoms with Crippen LogP contribution < -0.4 is 5.32 Å². The molecule has 128 valence electrons. The van der Waals surface area contributed by atoms with Crippen molar-refractivity contribution in [1.29, 1.82) is 0 Å². The van der Waals surface area contributed by atoms with Crippen molar-refractivity contribution < 1.29 is 9.59 Å². The number of anilines is 1. The maximum atomic E-state index is 12.7. The molecule has 0 aliphatic rings. The molecule has 0 spiro atoms. The predicted octanol–water partition coefficient (Wildman–Crippen LogP) is 4.03. The predicted molar refractivity (Wildman–Crippen MR) is 100 cm³/mol. The number of Topliss-reactive ketones (excluding diaryl/α,β-unsaturated/α-hetero) is 1. The van der Waals surface area contributed by atoms with Crippen LogP contribution in [-0.2, 0) is 11.2 Å². The second-order valence-corrected chi connectivity index (χ2v) is 6.88. The standard InChI is InChI=1S/C19H19N3O2S/c1-12(2)7-8-14-11-15(16-6-4-5-9-22(14)16)18(23)19(24)20-17-10-13(3)21-25-17/h4-6,9-11H,1,7-8H2,2-3H3,(H,20,24). The van der Waals surface area contributed by atoms with Crippen LogP contribution in [0.5, 0.6) is 0 Å². The first kappa shape index (κ1) is 17.1. The van der Waals surface area contributed by atoms with Crippen LogP contribution >= 0.6 is 11.5 Å². The first-order valence-corrected chi connectivity index (χ1v) is 8.75. The number of aryl methyl sites for hydroxylation is 2. The normalized spacial score (nSPS) is 10.8. The van der Waals surface area contributed by atoms with Crippen LogP contribution in [0.3, 0.4) is 0 Å². The number of hydrogen-bond donors (Lipinski definition) is 1. The molecule has 0 unspecified atom stereocenters. The number of nitrogens with zero attached hydrogens (tertiary/aromatic N) is 2. The van der Waals surface area contributed by atoms with Gasteiger partial charge in [-0.2, -0.15) is 4.37 Å². The average molecular weight is 353 g/mol. The Morgan fingerprint density at radius 1 is 1.32 bits per heavy atom. The monoisotopic (exact) mass is 353 g/mol. The zero-order valence-corrected chi connectivity index (χ0v) is 15.0. The third kappa shape index (κ3) is 3.69. The zero-order chi connectivity index (χ0) is 18.0. The molecule has 0 atom stereocenters. The molecule has 3 rings (SSSR count). The van der Waals surface area contributed by atoms with E-state index in [0.717, 1.165) is 46.9 Å². The molecule has 0 saturated carbocycles.